The van der Waals surface area contributed by atoms with Crippen LogP contribution in [-0.4, -0.2) is 27.6 Å². The number of nitrogens with zero attached hydrogens (tertiary/aromatic N) is 4. The zero-order chi connectivity index (χ0) is 39.8. The van der Waals surface area contributed by atoms with Gasteiger partial charge in [-0.05, 0) is 101 Å². The van der Waals surface area contributed by atoms with E-state index in [0.29, 0.717) is 11.6 Å². The molecule has 0 aliphatic rings. The van der Waals surface area contributed by atoms with E-state index in [1.807, 2.05) is 30.3 Å². The molecule has 0 fully saturated rings. The molecule has 0 N–H and O–H groups in total. The normalized spacial score (nSPS) is 11.5. The van der Waals surface area contributed by atoms with E-state index in [4.69, 9.17) is 14.4 Å². The molecule has 5 aromatic carbocycles. The van der Waals surface area contributed by atoms with Gasteiger partial charge in [0.1, 0.15) is 5.71 Å². The number of aryl methyl sites for hydroxylation is 3. The fourth-order valence-electron chi connectivity index (χ4n) is 7.97. The third kappa shape index (κ3) is 8.13. The molecule has 293 valence electrons. The van der Waals surface area contributed by atoms with Gasteiger partial charge in [0.2, 0.25) is 0 Å². The minimum atomic E-state index is -1.34. The molecule has 0 atom stereocenters. The molecule has 0 aliphatic carbocycles. The van der Waals surface area contributed by atoms with Gasteiger partial charge in [0.05, 0.1) is 30.4 Å². The first kappa shape index (κ1) is 40.7. The number of fused-ring (bicyclic) bond motifs is 3. The fraction of sp³-hybridized carbons (Fsp3) is 0.196. The molecular weight excluding hydrogens is 905 g/mol. The zero-order valence-electron chi connectivity index (χ0n) is 34.4. The van der Waals surface area contributed by atoms with E-state index < -0.39 is 8.07 Å². The van der Waals surface area contributed by atoms with Crippen molar-refractivity contribution < 1.29 is 24.5 Å². The maximum absolute atomic E-state index is 5.89. The van der Waals surface area contributed by atoms with Crippen molar-refractivity contribution in [3.63, 3.8) is 0 Å². The second-order valence-electron chi connectivity index (χ2n) is 16.5. The van der Waals surface area contributed by atoms with Crippen LogP contribution in [0.4, 0.5) is 0 Å². The number of para-hydroxylation sites is 3. The van der Waals surface area contributed by atoms with E-state index in [9.17, 15) is 0 Å². The summed E-state index contributed by atoms with van der Waals surface area (Å²) < 4.78 is 8.10. The van der Waals surface area contributed by atoms with Crippen molar-refractivity contribution in [2.24, 2.45) is 5.92 Å². The molecule has 9 aromatic rings. The Labute approximate surface area is 356 Å². The molecule has 9 rings (SSSR count). The monoisotopic (exact) mass is 953 g/mol. The van der Waals surface area contributed by atoms with Crippen LogP contribution in [0.3, 0.4) is 0 Å². The van der Waals surface area contributed by atoms with Gasteiger partial charge in [-0.3, -0.25) is 9.97 Å². The summed E-state index contributed by atoms with van der Waals surface area (Å²) in [5.74, 6) is 1.46. The molecular formula is C51H48IrN4OSi-2. The van der Waals surface area contributed by atoms with Crippen molar-refractivity contribution in [3.05, 3.63) is 162 Å². The Hall–Kier alpha value is -5.46. The van der Waals surface area contributed by atoms with E-state index in [2.05, 4.69) is 173 Å². The first-order valence-corrected chi connectivity index (χ1v) is 23.3. The summed E-state index contributed by atoms with van der Waals surface area (Å²) in [7, 11) is -1.34. The Morgan fingerprint density at radius 1 is 0.759 bits per heavy atom. The van der Waals surface area contributed by atoms with Gasteiger partial charge in [-0.25, -0.2) is 0 Å². The second kappa shape index (κ2) is 16.8. The molecule has 0 saturated heterocycles. The molecule has 0 saturated carbocycles. The predicted molar refractivity (Wildman–Crippen MR) is 240 cm³/mol. The summed E-state index contributed by atoms with van der Waals surface area (Å²) in [4.78, 5) is 14.6. The van der Waals surface area contributed by atoms with E-state index in [1.54, 1.807) is 0 Å². The molecule has 7 heteroatoms. The second-order valence-corrected chi connectivity index (χ2v) is 21.5. The van der Waals surface area contributed by atoms with Gasteiger partial charge < -0.3 is 14.0 Å². The zero-order valence-corrected chi connectivity index (χ0v) is 37.8. The maximum atomic E-state index is 5.89. The smallest absolute Gasteiger partial charge is 0.105 e. The van der Waals surface area contributed by atoms with E-state index >= 15 is 0 Å². The molecule has 0 amide bonds. The fourth-order valence-corrected chi connectivity index (χ4v) is 9.56. The molecule has 0 aliphatic heterocycles. The largest absolute Gasteiger partial charge is 0.541 e. The quantitative estimate of drug-likeness (QED) is 0.118. The Morgan fingerprint density at radius 2 is 1.48 bits per heavy atom. The van der Waals surface area contributed by atoms with Crippen molar-refractivity contribution in [3.8, 4) is 39.5 Å². The number of imidazole rings is 1. The molecule has 0 unspecified atom stereocenters. The first-order valence-electron chi connectivity index (χ1n) is 19.8. The summed E-state index contributed by atoms with van der Waals surface area (Å²) in [5, 5.41) is 3.47. The van der Waals surface area contributed by atoms with Crippen molar-refractivity contribution in [2.45, 2.75) is 60.7 Å². The summed E-state index contributed by atoms with van der Waals surface area (Å²) >= 11 is 0. The minimum absolute atomic E-state index is 0. The van der Waals surface area contributed by atoms with Crippen LogP contribution in [0.5, 0.6) is 0 Å². The molecule has 58 heavy (non-hydrogen) atoms. The predicted octanol–water partition coefficient (Wildman–Crippen LogP) is 12.7. The van der Waals surface area contributed by atoms with Gasteiger partial charge >= 0.3 is 0 Å². The maximum Gasteiger partial charge on any atom is 0.105 e. The van der Waals surface area contributed by atoms with E-state index in [-0.39, 0.29) is 20.1 Å². The standard InChI is InChI=1S/C33H24N3O.C18H24NSi.Ir/c1-20-10-9-13-24-18-26-27(19-37-33(26)35-31(20)24)32-34-28-14-7-8-15-29(28)36(32)25-16-21(2)30(22(3)17-25)23-11-5-4-6-12-23;1-14(2)11-16-12-17(15-9-7-6-8-10-15)19-13-18(16)20(3,4)5;/h4-18H,1-3H3;6-9,12-14H,11H2,1-5H3;/q2*-1;. The van der Waals surface area contributed by atoms with Gasteiger partial charge in [-0.15, -0.1) is 35.9 Å². The van der Waals surface area contributed by atoms with Gasteiger partial charge in [-0.2, -0.15) is 0 Å². The Balaban J connectivity index is 0.000000208. The Morgan fingerprint density at radius 3 is 2.19 bits per heavy atom. The van der Waals surface area contributed by atoms with Gasteiger partial charge in [0.15, 0.2) is 0 Å². The topological polar surface area (TPSA) is 56.7 Å². The molecule has 4 heterocycles. The summed E-state index contributed by atoms with van der Waals surface area (Å²) in [6.45, 7) is 18.2. The number of rotatable bonds is 7. The SMILES string of the molecule is CC(C)Cc1cc(-c2[c-]cccc2)ncc1[Si](C)(C)C.Cc1cc(-n2c(-c3[c-]oc4nc5c(C)cccc5cc34)nc3ccccc32)cc(C)c1-c1ccccc1.[Ir]. The minimum Gasteiger partial charge on any atom is -0.541 e. The first-order chi connectivity index (χ1) is 27.5. The number of aromatic nitrogens is 4. The number of benzene rings is 5. The van der Waals surface area contributed by atoms with Gasteiger partial charge in [0.25, 0.3) is 0 Å². The Kier molecular flexibility index (Phi) is 11.8. The number of hydrogen-bond acceptors (Lipinski definition) is 4. The van der Waals surface area contributed by atoms with E-state index in [1.165, 1.54) is 33.0 Å². The molecule has 4 aromatic heterocycles. The van der Waals surface area contributed by atoms with Crippen LogP contribution in [0.1, 0.15) is 36.1 Å². The average molecular weight is 953 g/mol. The van der Waals surface area contributed by atoms with Crippen LogP contribution >= 0.6 is 0 Å². The van der Waals surface area contributed by atoms with Crippen molar-refractivity contribution in [2.75, 3.05) is 0 Å². The van der Waals surface area contributed by atoms with E-state index in [0.717, 1.165) is 67.6 Å². The molecule has 0 bridgehead atoms. The molecule has 1 radical (unpaired) electrons. The van der Waals surface area contributed by atoms with Crippen LogP contribution in [0.2, 0.25) is 19.6 Å². The van der Waals surface area contributed by atoms with Crippen LogP contribution in [0.25, 0.3) is 72.5 Å². The summed E-state index contributed by atoms with van der Waals surface area (Å²) in [6.07, 6.45) is 6.38. The number of hydrogen-bond donors (Lipinski definition) is 0. The van der Waals surface area contributed by atoms with Crippen molar-refractivity contribution in [1.82, 2.24) is 19.5 Å². The van der Waals surface area contributed by atoms with Crippen LogP contribution in [0, 0.1) is 39.0 Å². The van der Waals surface area contributed by atoms with Crippen molar-refractivity contribution in [1.29, 1.82) is 0 Å². The molecule has 0 spiro atoms. The van der Waals surface area contributed by atoms with Crippen LogP contribution in [-0.2, 0) is 26.5 Å². The number of furan rings is 1. The van der Waals surface area contributed by atoms with Gasteiger partial charge in [-0.1, -0.05) is 123 Å². The summed E-state index contributed by atoms with van der Waals surface area (Å²) in [6, 6.07) is 45.2. The van der Waals surface area contributed by atoms with Gasteiger partial charge in [0, 0.05) is 38.3 Å². The third-order valence-corrected chi connectivity index (χ3v) is 12.6. The third-order valence-electron chi connectivity index (χ3n) is 10.6. The average Bonchev–Trinajstić information content (AvgIpc) is 3.78. The molecule has 5 nitrogen and oxygen atoms in total. The van der Waals surface area contributed by atoms with Crippen LogP contribution < -0.4 is 5.19 Å². The summed E-state index contributed by atoms with van der Waals surface area (Å²) in [5.41, 5.74) is 15.0. The Bertz CT molecular complexity index is 2850. The number of pyridine rings is 2. The van der Waals surface area contributed by atoms with Crippen molar-refractivity contribution >= 4 is 46.3 Å². The van der Waals surface area contributed by atoms with Crippen LogP contribution in [0.15, 0.2) is 132 Å².